The van der Waals surface area contributed by atoms with Gasteiger partial charge < -0.3 is 31.5 Å². The van der Waals surface area contributed by atoms with Gasteiger partial charge in [0.05, 0.1) is 6.04 Å². The molecule has 1 aliphatic rings. The average Bonchev–Trinajstić information content (AvgIpc) is 3.38. The molecular formula is C26H32N4O6S. The van der Waals surface area contributed by atoms with Gasteiger partial charge in [-0.3, -0.25) is 14.4 Å². The topological polar surface area (TPSA) is 162 Å². The van der Waals surface area contributed by atoms with Crippen molar-refractivity contribution in [3.05, 3.63) is 65.7 Å². The Balaban J connectivity index is 1.60. The Kier molecular flexibility index (Phi) is 9.93. The second-order valence-corrected chi connectivity index (χ2v) is 9.36. The van der Waals surface area contributed by atoms with Gasteiger partial charge in [0.15, 0.2) is 0 Å². The number of amides is 3. The molecular weight excluding hydrogens is 496 g/mol. The molecule has 3 rings (SSSR count). The molecule has 1 aliphatic heterocycles. The van der Waals surface area contributed by atoms with E-state index < -0.39 is 42.0 Å². The fraction of sp³-hybridized carbons (Fsp3) is 0.385. The summed E-state index contributed by atoms with van der Waals surface area (Å²) in [5.41, 5.74) is 7.65. The Labute approximate surface area is 220 Å². The monoisotopic (exact) mass is 528 g/mol. The molecule has 198 valence electrons. The summed E-state index contributed by atoms with van der Waals surface area (Å²) in [6, 6.07) is 11.3. The molecule has 2 aromatic carbocycles. The minimum absolute atomic E-state index is 0.0592. The van der Waals surface area contributed by atoms with Gasteiger partial charge in [-0.05, 0) is 42.5 Å². The number of rotatable bonds is 11. The number of hydrogen-bond acceptors (Lipinski definition) is 7. The van der Waals surface area contributed by atoms with Crippen LogP contribution >= 0.6 is 12.6 Å². The number of thiol groups is 1. The Bertz CT molecular complexity index is 1100. The lowest BCUT2D eigenvalue weighted by Gasteiger charge is -2.28. The van der Waals surface area contributed by atoms with Crippen molar-refractivity contribution in [3.63, 3.8) is 0 Å². The molecule has 0 bridgehead atoms. The van der Waals surface area contributed by atoms with E-state index in [2.05, 4.69) is 23.3 Å². The van der Waals surface area contributed by atoms with Crippen LogP contribution in [0.4, 0.5) is 0 Å². The molecule has 3 amide bonds. The maximum Gasteiger partial charge on any atom is 0.326 e. The lowest BCUT2D eigenvalue weighted by Crippen LogP contribution is -2.57. The Hall–Kier alpha value is -3.57. The van der Waals surface area contributed by atoms with E-state index in [0.29, 0.717) is 19.4 Å². The van der Waals surface area contributed by atoms with Crippen molar-refractivity contribution in [2.75, 3.05) is 12.3 Å². The van der Waals surface area contributed by atoms with E-state index in [4.69, 9.17) is 5.73 Å². The van der Waals surface area contributed by atoms with Crippen LogP contribution in [0.1, 0.15) is 24.0 Å². The van der Waals surface area contributed by atoms with E-state index >= 15 is 0 Å². The van der Waals surface area contributed by atoms with Crippen LogP contribution in [-0.2, 0) is 32.0 Å². The van der Waals surface area contributed by atoms with Crippen LogP contribution in [0.5, 0.6) is 5.75 Å². The first kappa shape index (κ1) is 28.0. The highest BCUT2D eigenvalue weighted by molar-refractivity contribution is 7.80. The number of likely N-dealkylation sites (tertiary alicyclic amines) is 1. The molecule has 0 aliphatic carbocycles. The predicted octanol–water partition coefficient (Wildman–Crippen LogP) is 0.480. The molecule has 0 spiro atoms. The van der Waals surface area contributed by atoms with E-state index in [1.807, 2.05) is 6.07 Å². The first-order valence-electron chi connectivity index (χ1n) is 12.0. The molecule has 4 unspecified atom stereocenters. The van der Waals surface area contributed by atoms with Gasteiger partial charge in [-0.15, -0.1) is 0 Å². The van der Waals surface area contributed by atoms with Gasteiger partial charge in [0.2, 0.25) is 17.7 Å². The Morgan fingerprint density at radius 1 is 0.973 bits per heavy atom. The maximum atomic E-state index is 13.1. The van der Waals surface area contributed by atoms with Gasteiger partial charge in [-0.2, -0.15) is 12.6 Å². The van der Waals surface area contributed by atoms with Crippen LogP contribution in [0, 0.1) is 0 Å². The molecule has 37 heavy (non-hydrogen) atoms. The minimum atomic E-state index is -1.20. The van der Waals surface area contributed by atoms with Gasteiger partial charge >= 0.3 is 5.97 Å². The molecule has 1 saturated heterocycles. The molecule has 2 aromatic rings. The van der Waals surface area contributed by atoms with Gasteiger partial charge in [-0.1, -0.05) is 42.5 Å². The number of nitrogens with zero attached hydrogens (tertiary/aromatic N) is 1. The number of phenols is 1. The minimum Gasteiger partial charge on any atom is -0.508 e. The van der Waals surface area contributed by atoms with Crippen molar-refractivity contribution in [2.45, 2.75) is 49.9 Å². The number of nitrogens with one attached hydrogen (secondary N) is 2. The van der Waals surface area contributed by atoms with Gasteiger partial charge in [0.1, 0.15) is 23.9 Å². The molecule has 10 nitrogen and oxygen atoms in total. The normalized spacial score (nSPS) is 17.5. The Morgan fingerprint density at radius 2 is 1.62 bits per heavy atom. The number of carbonyl (C=O) groups excluding carboxylic acids is 3. The summed E-state index contributed by atoms with van der Waals surface area (Å²) in [6.07, 6.45) is 1.34. The summed E-state index contributed by atoms with van der Waals surface area (Å²) in [4.78, 5) is 52.1. The number of nitrogens with two attached hydrogens (primary N) is 1. The van der Waals surface area contributed by atoms with E-state index in [1.165, 1.54) is 17.0 Å². The molecule has 0 aromatic heterocycles. The molecule has 0 radical (unpaired) electrons. The SMILES string of the molecule is NC(Cc1ccc(O)cc1)C(=O)N1CCCC1C(=O)NC(CS)C(=O)NC(Cc1ccccc1)C(=O)O. The van der Waals surface area contributed by atoms with Gasteiger partial charge in [-0.25, -0.2) is 4.79 Å². The van der Waals surface area contributed by atoms with Crippen molar-refractivity contribution >= 4 is 36.3 Å². The molecule has 4 atom stereocenters. The summed E-state index contributed by atoms with van der Waals surface area (Å²) in [5.74, 6) is -2.73. The number of aliphatic carboxylic acids is 1. The van der Waals surface area contributed by atoms with Crippen molar-refractivity contribution < 1.29 is 29.4 Å². The maximum absolute atomic E-state index is 13.1. The lowest BCUT2D eigenvalue weighted by atomic mass is 10.0. The van der Waals surface area contributed by atoms with E-state index in [0.717, 1.165) is 11.1 Å². The zero-order valence-electron chi connectivity index (χ0n) is 20.2. The third-order valence-corrected chi connectivity index (χ3v) is 6.63. The highest BCUT2D eigenvalue weighted by Crippen LogP contribution is 2.20. The number of hydrogen-bond donors (Lipinski definition) is 6. The molecule has 1 fully saturated rings. The molecule has 11 heteroatoms. The quantitative estimate of drug-likeness (QED) is 0.231. The number of carbonyl (C=O) groups is 4. The summed E-state index contributed by atoms with van der Waals surface area (Å²) in [6.45, 7) is 0.357. The molecule has 0 saturated carbocycles. The van der Waals surface area contributed by atoms with Crippen LogP contribution < -0.4 is 16.4 Å². The number of carboxylic acid groups (broad SMARTS) is 1. The number of phenolic OH excluding ortho intramolecular Hbond substituents is 1. The van der Waals surface area contributed by atoms with Crippen LogP contribution in [0.15, 0.2) is 54.6 Å². The van der Waals surface area contributed by atoms with Crippen LogP contribution in [0.3, 0.4) is 0 Å². The van der Waals surface area contributed by atoms with Gasteiger partial charge in [0, 0.05) is 18.7 Å². The fourth-order valence-corrected chi connectivity index (χ4v) is 4.53. The van der Waals surface area contributed by atoms with Crippen molar-refractivity contribution in [1.29, 1.82) is 0 Å². The summed E-state index contributed by atoms with van der Waals surface area (Å²) in [7, 11) is 0. The lowest BCUT2D eigenvalue weighted by molar-refractivity contribution is -0.142. The van der Waals surface area contributed by atoms with E-state index in [9.17, 15) is 29.4 Å². The van der Waals surface area contributed by atoms with Crippen LogP contribution in [0.25, 0.3) is 0 Å². The second-order valence-electron chi connectivity index (χ2n) is 9.00. The first-order valence-corrected chi connectivity index (χ1v) is 12.6. The van der Waals surface area contributed by atoms with E-state index in [1.54, 1.807) is 36.4 Å². The van der Waals surface area contributed by atoms with Crippen molar-refractivity contribution in [3.8, 4) is 5.75 Å². The molecule has 6 N–H and O–H groups in total. The van der Waals surface area contributed by atoms with Gasteiger partial charge in [0.25, 0.3) is 0 Å². The first-order chi connectivity index (χ1) is 17.7. The van der Waals surface area contributed by atoms with Crippen LogP contribution in [-0.4, -0.2) is 75.3 Å². The third kappa shape index (κ3) is 7.70. The summed E-state index contributed by atoms with van der Waals surface area (Å²) >= 11 is 4.16. The highest BCUT2D eigenvalue weighted by atomic mass is 32.1. The summed E-state index contributed by atoms with van der Waals surface area (Å²) in [5, 5.41) is 24.1. The molecule has 1 heterocycles. The zero-order chi connectivity index (χ0) is 26.9. The van der Waals surface area contributed by atoms with Crippen LogP contribution in [0.2, 0.25) is 0 Å². The van der Waals surface area contributed by atoms with Crippen molar-refractivity contribution in [2.24, 2.45) is 5.73 Å². The van der Waals surface area contributed by atoms with E-state index in [-0.39, 0.29) is 30.3 Å². The standard InChI is InChI=1S/C26H32N4O6S/c27-19(13-17-8-10-18(31)11-9-17)25(34)30-12-4-7-22(30)24(33)29-21(15-37)23(32)28-20(26(35)36)14-16-5-2-1-3-6-16/h1-3,5-6,8-11,19-22,31,37H,4,7,12-15,27H2,(H,28,32)(H,29,33)(H,35,36). The van der Waals surface area contributed by atoms with Crippen molar-refractivity contribution in [1.82, 2.24) is 15.5 Å². The third-order valence-electron chi connectivity index (χ3n) is 6.26. The number of carboxylic acids is 1. The smallest absolute Gasteiger partial charge is 0.326 e. The summed E-state index contributed by atoms with van der Waals surface area (Å²) < 4.78 is 0. The second kappa shape index (κ2) is 13.1. The fourth-order valence-electron chi connectivity index (χ4n) is 4.27. The number of aromatic hydroxyl groups is 1. The Morgan fingerprint density at radius 3 is 2.24 bits per heavy atom. The zero-order valence-corrected chi connectivity index (χ0v) is 21.1. The average molecular weight is 529 g/mol. The predicted molar refractivity (Wildman–Crippen MR) is 140 cm³/mol. The highest BCUT2D eigenvalue weighted by Gasteiger charge is 2.37. The number of benzene rings is 2. The largest absolute Gasteiger partial charge is 0.508 e.